The Kier molecular flexibility index (Phi) is 4.24. The summed E-state index contributed by atoms with van der Waals surface area (Å²) >= 11 is 0. The lowest BCUT2D eigenvalue weighted by atomic mass is 10.3. The highest BCUT2D eigenvalue weighted by atomic mass is 19.1. The third kappa shape index (κ3) is 3.37. The maximum absolute atomic E-state index is 12.9. The van der Waals surface area contributed by atoms with Crippen LogP contribution in [0.3, 0.4) is 0 Å². The molecule has 0 atom stereocenters. The number of morpholine rings is 1. The lowest BCUT2D eigenvalue weighted by molar-refractivity contribution is 0.102. The molecule has 1 aliphatic rings. The van der Waals surface area contributed by atoms with Gasteiger partial charge in [0.2, 0.25) is 0 Å². The van der Waals surface area contributed by atoms with Gasteiger partial charge in [0.25, 0.3) is 5.91 Å². The van der Waals surface area contributed by atoms with Crippen LogP contribution < -0.4 is 10.2 Å². The number of hydrogen-bond acceptors (Lipinski definition) is 5. The van der Waals surface area contributed by atoms with E-state index in [1.807, 2.05) is 4.90 Å². The molecule has 3 rings (SSSR count). The van der Waals surface area contributed by atoms with Gasteiger partial charge in [0.15, 0.2) is 0 Å². The fourth-order valence-electron chi connectivity index (χ4n) is 2.16. The molecule has 2 aromatic rings. The Bertz CT molecular complexity index is 657. The molecule has 1 fully saturated rings. The monoisotopic (exact) mass is 302 g/mol. The molecule has 0 spiro atoms. The fourth-order valence-corrected chi connectivity index (χ4v) is 2.16. The molecular formula is C15H15FN4O2. The van der Waals surface area contributed by atoms with E-state index in [0.717, 1.165) is 13.1 Å². The van der Waals surface area contributed by atoms with E-state index < -0.39 is 0 Å². The van der Waals surface area contributed by atoms with E-state index in [2.05, 4.69) is 15.3 Å². The van der Waals surface area contributed by atoms with E-state index in [9.17, 15) is 9.18 Å². The predicted molar refractivity (Wildman–Crippen MR) is 79.4 cm³/mol. The van der Waals surface area contributed by atoms with Crippen LogP contribution in [0.5, 0.6) is 0 Å². The van der Waals surface area contributed by atoms with Crippen molar-refractivity contribution in [3.05, 3.63) is 48.2 Å². The Morgan fingerprint density at radius 1 is 1.18 bits per heavy atom. The lowest BCUT2D eigenvalue weighted by Gasteiger charge is -2.27. The number of anilines is 2. The van der Waals surface area contributed by atoms with Gasteiger partial charge in [-0.1, -0.05) is 0 Å². The molecule has 0 aliphatic carbocycles. The first-order chi connectivity index (χ1) is 10.7. The van der Waals surface area contributed by atoms with Crippen molar-refractivity contribution in [3.8, 4) is 0 Å². The largest absolute Gasteiger partial charge is 0.378 e. The normalized spacial score (nSPS) is 14.7. The van der Waals surface area contributed by atoms with E-state index in [1.54, 1.807) is 6.07 Å². The number of nitrogens with zero attached hydrogens (tertiary/aromatic N) is 3. The predicted octanol–water partition coefficient (Wildman–Crippen LogP) is 1.70. The van der Waals surface area contributed by atoms with Crippen molar-refractivity contribution in [3.63, 3.8) is 0 Å². The molecule has 1 aromatic carbocycles. The zero-order valence-corrected chi connectivity index (χ0v) is 11.8. The molecule has 1 aromatic heterocycles. The summed E-state index contributed by atoms with van der Waals surface area (Å²) in [6.45, 7) is 2.74. The number of hydrogen-bond donors (Lipinski definition) is 1. The molecule has 1 aliphatic heterocycles. The molecule has 22 heavy (non-hydrogen) atoms. The molecule has 0 radical (unpaired) electrons. The summed E-state index contributed by atoms with van der Waals surface area (Å²) < 4.78 is 18.1. The summed E-state index contributed by atoms with van der Waals surface area (Å²) in [4.78, 5) is 22.4. The standard InChI is InChI=1S/C15H15FN4O2/c16-11-1-3-12(4-2-11)19-15(21)13-9-14(18-10-17-13)20-5-7-22-8-6-20/h1-4,9-10H,5-8H2,(H,19,21). The molecule has 0 saturated carbocycles. The van der Waals surface area contributed by atoms with Crippen LogP contribution in [0, 0.1) is 5.82 Å². The molecule has 2 heterocycles. The summed E-state index contributed by atoms with van der Waals surface area (Å²) in [6.07, 6.45) is 1.37. The van der Waals surface area contributed by atoms with Crippen LogP contribution >= 0.6 is 0 Å². The summed E-state index contributed by atoms with van der Waals surface area (Å²) in [5.74, 6) is -0.0132. The van der Waals surface area contributed by atoms with Crippen LogP contribution in [0.2, 0.25) is 0 Å². The summed E-state index contributed by atoms with van der Waals surface area (Å²) in [7, 11) is 0. The number of ether oxygens (including phenoxy) is 1. The number of benzene rings is 1. The van der Waals surface area contributed by atoms with Gasteiger partial charge in [-0.25, -0.2) is 14.4 Å². The minimum absolute atomic E-state index is 0.265. The minimum Gasteiger partial charge on any atom is -0.378 e. The zero-order chi connectivity index (χ0) is 15.4. The number of halogens is 1. The summed E-state index contributed by atoms with van der Waals surface area (Å²) in [5.41, 5.74) is 0.777. The van der Waals surface area contributed by atoms with E-state index in [0.29, 0.717) is 24.7 Å². The van der Waals surface area contributed by atoms with Crippen molar-refractivity contribution >= 4 is 17.4 Å². The third-order valence-corrected chi connectivity index (χ3v) is 3.32. The van der Waals surface area contributed by atoms with Crippen molar-refractivity contribution in [1.82, 2.24) is 9.97 Å². The van der Waals surface area contributed by atoms with Gasteiger partial charge in [0.05, 0.1) is 13.2 Å². The Morgan fingerprint density at radius 2 is 1.91 bits per heavy atom. The quantitative estimate of drug-likeness (QED) is 0.935. The van der Waals surface area contributed by atoms with Crippen molar-refractivity contribution in [2.24, 2.45) is 0 Å². The van der Waals surface area contributed by atoms with Crippen LogP contribution in [-0.2, 0) is 4.74 Å². The molecule has 114 valence electrons. The van der Waals surface area contributed by atoms with Crippen LogP contribution in [0.25, 0.3) is 0 Å². The van der Waals surface area contributed by atoms with Crippen LogP contribution in [0.4, 0.5) is 15.9 Å². The smallest absolute Gasteiger partial charge is 0.274 e. The van der Waals surface area contributed by atoms with E-state index in [1.165, 1.54) is 30.6 Å². The summed E-state index contributed by atoms with van der Waals surface area (Å²) in [5, 5.41) is 2.68. The summed E-state index contributed by atoms with van der Waals surface area (Å²) in [6, 6.07) is 7.21. The average Bonchev–Trinajstić information content (AvgIpc) is 2.58. The van der Waals surface area contributed by atoms with E-state index in [-0.39, 0.29) is 17.4 Å². The van der Waals surface area contributed by atoms with Gasteiger partial charge in [-0.3, -0.25) is 4.79 Å². The zero-order valence-electron chi connectivity index (χ0n) is 11.8. The van der Waals surface area contributed by atoms with Gasteiger partial charge in [-0.05, 0) is 24.3 Å². The Hall–Kier alpha value is -2.54. The topological polar surface area (TPSA) is 67.4 Å². The molecule has 1 N–H and O–H groups in total. The number of carbonyl (C=O) groups is 1. The first-order valence-electron chi connectivity index (χ1n) is 6.94. The lowest BCUT2D eigenvalue weighted by Crippen LogP contribution is -2.37. The third-order valence-electron chi connectivity index (χ3n) is 3.32. The maximum Gasteiger partial charge on any atom is 0.274 e. The maximum atomic E-state index is 12.9. The number of amides is 1. The Morgan fingerprint density at radius 3 is 2.64 bits per heavy atom. The van der Waals surface area contributed by atoms with Gasteiger partial charge in [-0.2, -0.15) is 0 Å². The molecule has 6 nitrogen and oxygen atoms in total. The fraction of sp³-hybridized carbons (Fsp3) is 0.267. The SMILES string of the molecule is O=C(Nc1ccc(F)cc1)c1cc(N2CCOCC2)ncn1. The Balaban J connectivity index is 1.73. The number of aromatic nitrogens is 2. The molecule has 0 bridgehead atoms. The highest BCUT2D eigenvalue weighted by Crippen LogP contribution is 2.14. The highest BCUT2D eigenvalue weighted by Gasteiger charge is 2.15. The van der Waals surface area contributed by atoms with Crippen molar-refractivity contribution in [2.75, 3.05) is 36.5 Å². The van der Waals surface area contributed by atoms with Crippen molar-refractivity contribution < 1.29 is 13.9 Å². The molecule has 1 saturated heterocycles. The minimum atomic E-state index is -0.358. The molecule has 0 unspecified atom stereocenters. The molecule has 7 heteroatoms. The number of rotatable bonds is 3. The van der Waals surface area contributed by atoms with Gasteiger partial charge >= 0.3 is 0 Å². The van der Waals surface area contributed by atoms with Crippen molar-refractivity contribution in [1.29, 1.82) is 0 Å². The average molecular weight is 302 g/mol. The molecular weight excluding hydrogens is 287 g/mol. The second kappa shape index (κ2) is 6.48. The van der Waals surface area contributed by atoms with Crippen LogP contribution in [0.1, 0.15) is 10.5 Å². The van der Waals surface area contributed by atoms with Gasteiger partial charge in [-0.15, -0.1) is 0 Å². The first-order valence-corrected chi connectivity index (χ1v) is 6.94. The second-order valence-electron chi connectivity index (χ2n) is 4.82. The van der Waals surface area contributed by atoms with Crippen molar-refractivity contribution in [2.45, 2.75) is 0 Å². The second-order valence-corrected chi connectivity index (χ2v) is 4.82. The van der Waals surface area contributed by atoms with E-state index in [4.69, 9.17) is 4.74 Å². The number of carbonyl (C=O) groups excluding carboxylic acids is 1. The molecule has 1 amide bonds. The van der Waals surface area contributed by atoms with Crippen LogP contribution in [-0.4, -0.2) is 42.2 Å². The van der Waals surface area contributed by atoms with Gasteiger partial charge in [0, 0.05) is 24.8 Å². The van der Waals surface area contributed by atoms with Gasteiger partial charge in [0.1, 0.15) is 23.7 Å². The number of nitrogens with one attached hydrogen (secondary N) is 1. The van der Waals surface area contributed by atoms with Crippen LogP contribution in [0.15, 0.2) is 36.7 Å². The van der Waals surface area contributed by atoms with Gasteiger partial charge < -0.3 is 15.0 Å². The Labute approximate surface area is 126 Å². The highest BCUT2D eigenvalue weighted by molar-refractivity contribution is 6.03. The first kappa shape index (κ1) is 14.4. The van der Waals surface area contributed by atoms with E-state index >= 15 is 0 Å².